The standard InChI is InChI=1S/C14H15F3N2O2/c1-7(12(18)20)19-13(21)10-4-9(8-2-3-8)5-11(6-10)14(15,16)17/h4-8H,2-3H2,1H3,(H2,18,20)(H,19,21). The third kappa shape index (κ3) is 3.74. The first-order chi connectivity index (χ1) is 9.68. The average Bonchev–Trinajstić information content (AvgIpc) is 3.21. The Labute approximate surface area is 119 Å². The summed E-state index contributed by atoms with van der Waals surface area (Å²) in [5, 5.41) is 2.28. The molecule has 0 radical (unpaired) electrons. The number of hydrogen-bond donors (Lipinski definition) is 2. The Morgan fingerprint density at radius 2 is 1.90 bits per heavy atom. The van der Waals surface area contributed by atoms with Gasteiger partial charge in [-0.3, -0.25) is 9.59 Å². The second-order valence-corrected chi connectivity index (χ2v) is 5.21. The van der Waals surface area contributed by atoms with Gasteiger partial charge in [-0.05, 0) is 49.4 Å². The second kappa shape index (κ2) is 5.38. The molecule has 21 heavy (non-hydrogen) atoms. The van der Waals surface area contributed by atoms with Gasteiger partial charge in [0.2, 0.25) is 5.91 Å². The highest BCUT2D eigenvalue weighted by Crippen LogP contribution is 2.42. The minimum Gasteiger partial charge on any atom is -0.368 e. The quantitative estimate of drug-likeness (QED) is 0.894. The molecule has 3 N–H and O–H groups in total. The molecule has 0 aliphatic heterocycles. The molecule has 0 spiro atoms. The van der Waals surface area contributed by atoms with E-state index in [0.29, 0.717) is 5.56 Å². The summed E-state index contributed by atoms with van der Waals surface area (Å²) in [6.07, 6.45) is -2.88. The topological polar surface area (TPSA) is 72.2 Å². The fraction of sp³-hybridized carbons (Fsp3) is 0.429. The number of nitrogens with one attached hydrogen (secondary N) is 1. The number of halogens is 3. The third-order valence-electron chi connectivity index (χ3n) is 3.37. The van der Waals surface area contributed by atoms with Crippen LogP contribution in [0.3, 0.4) is 0 Å². The summed E-state index contributed by atoms with van der Waals surface area (Å²) >= 11 is 0. The van der Waals surface area contributed by atoms with Crippen molar-refractivity contribution < 1.29 is 22.8 Å². The molecule has 2 amide bonds. The molecule has 2 rings (SSSR count). The molecule has 0 aromatic heterocycles. The van der Waals surface area contributed by atoms with Gasteiger partial charge in [-0.2, -0.15) is 13.2 Å². The van der Waals surface area contributed by atoms with Crippen molar-refractivity contribution in [3.63, 3.8) is 0 Å². The lowest BCUT2D eigenvalue weighted by molar-refractivity contribution is -0.137. The maximum atomic E-state index is 12.9. The summed E-state index contributed by atoms with van der Waals surface area (Å²) in [6, 6.07) is 2.35. The van der Waals surface area contributed by atoms with Crippen LogP contribution >= 0.6 is 0 Å². The Morgan fingerprint density at radius 3 is 2.38 bits per heavy atom. The van der Waals surface area contributed by atoms with E-state index >= 15 is 0 Å². The highest BCUT2D eigenvalue weighted by atomic mass is 19.4. The van der Waals surface area contributed by atoms with Gasteiger partial charge in [-0.15, -0.1) is 0 Å². The summed E-state index contributed by atoms with van der Waals surface area (Å²) in [5.74, 6) is -1.42. The lowest BCUT2D eigenvalue weighted by Gasteiger charge is -2.14. The lowest BCUT2D eigenvalue weighted by Crippen LogP contribution is -2.42. The summed E-state index contributed by atoms with van der Waals surface area (Å²) in [7, 11) is 0. The van der Waals surface area contributed by atoms with E-state index in [-0.39, 0.29) is 11.5 Å². The molecule has 0 heterocycles. The number of alkyl halides is 3. The average molecular weight is 300 g/mol. The molecule has 1 aliphatic carbocycles. The van der Waals surface area contributed by atoms with Crippen LogP contribution in [0, 0.1) is 0 Å². The molecule has 4 nitrogen and oxygen atoms in total. The molecule has 7 heteroatoms. The van der Waals surface area contributed by atoms with Crippen molar-refractivity contribution in [2.24, 2.45) is 5.73 Å². The molecule has 1 saturated carbocycles. The Hall–Kier alpha value is -2.05. The summed E-state index contributed by atoms with van der Waals surface area (Å²) in [4.78, 5) is 22.9. The van der Waals surface area contributed by atoms with Crippen LogP contribution in [0.1, 0.15) is 47.2 Å². The van der Waals surface area contributed by atoms with Crippen LogP contribution in [0.25, 0.3) is 0 Å². The van der Waals surface area contributed by atoms with Crippen molar-refractivity contribution in [3.8, 4) is 0 Å². The van der Waals surface area contributed by atoms with Crippen LogP contribution < -0.4 is 11.1 Å². The van der Waals surface area contributed by atoms with Crippen LogP contribution in [0.2, 0.25) is 0 Å². The van der Waals surface area contributed by atoms with E-state index in [1.807, 2.05) is 0 Å². The van der Waals surface area contributed by atoms with Gasteiger partial charge in [0.25, 0.3) is 5.91 Å². The zero-order chi connectivity index (χ0) is 15.8. The molecule has 1 aromatic carbocycles. The first kappa shape index (κ1) is 15.3. The highest BCUT2D eigenvalue weighted by molar-refractivity contribution is 5.97. The van der Waals surface area contributed by atoms with Gasteiger partial charge in [0.1, 0.15) is 6.04 Å². The summed E-state index contributed by atoms with van der Waals surface area (Å²) < 4.78 is 38.6. The fourth-order valence-electron chi connectivity index (χ4n) is 1.95. The SMILES string of the molecule is CC(NC(=O)c1cc(C2CC2)cc(C(F)(F)F)c1)C(N)=O. The molecule has 1 atom stereocenters. The summed E-state index contributed by atoms with van der Waals surface area (Å²) in [6.45, 7) is 1.37. The molecule has 1 unspecified atom stereocenters. The van der Waals surface area contributed by atoms with Crippen molar-refractivity contribution in [2.45, 2.75) is 37.9 Å². The normalized spacial score (nSPS) is 16.4. The molecular weight excluding hydrogens is 285 g/mol. The first-order valence-corrected chi connectivity index (χ1v) is 6.51. The van der Waals surface area contributed by atoms with E-state index in [0.717, 1.165) is 25.0 Å². The van der Waals surface area contributed by atoms with Crippen molar-refractivity contribution in [1.82, 2.24) is 5.32 Å². The number of rotatable bonds is 4. The van der Waals surface area contributed by atoms with Gasteiger partial charge in [0.05, 0.1) is 5.56 Å². The summed E-state index contributed by atoms with van der Waals surface area (Å²) in [5.41, 5.74) is 4.55. The minimum absolute atomic E-state index is 0.0763. The third-order valence-corrected chi connectivity index (χ3v) is 3.37. The molecular formula is C14H15F3N2O2. The Morgan fingerprint density at radius 1 is 1.29 bits per heavy atom. The number of benzene rings is 1. The minimum atomic E-state index is -4.52. The van der Waals surface area contributed by atoms with Crippen LogP contribution in [-0.2, 0) is 11.0 Å². The zero-order valence-electron chi connectivity index (χ0n) is 11.3. The molecule has 1 aromatic rings. The fourth-order valence-corrected chi connectivity index (χ4v) is 1.95. The number of hydrogen-bond acceptors (Lipinski definition) is 2. The molecule has 114 valence electrons. The number of amides is 2. The number of carbonyl (C=O) groups is 2. The van der Waals surface area contributed by atoms with Gasteiger partial charge in [0.15, 0.2) is 0 Å². The Bertz CT molecular complexity index is 580. The second-order valence-electron chi connectivity index (χ2n) is 5.21. The van der Waals surface area contributed by atoms with E-state index in [9.17, 15) is 22.8 Å². The monoisotopic (exact) mass is 300 g/mol. The molecule has 0 saturated heterocycles. The van der Waals surface area contributed by atoms with Gasteiger partial charge in [-0.1, -0.05) is 0 Å². The van der Waals surface area contributed by atoms with E-state index in [2.05, 4.69) is 5.32 Å². The Balaban J connectivity index is 2.31. The molecule has 0 bridgehead atoms. The van der Waals surface area contributed by atoms with Crippen LogP contribution in [0.15, 0.2) is 18.2 Å². The van der Waals surface area contributed by atoms with Gasteiger partial charge >= 0.3 is 6.18 Å². The molecule has 1 fully saturated rings. The highest BCUT2D eigenvalue weighted by Gasteiger charge is 2.34. The van der Waals surface area contributed by atoms with E-state index in [1.165, 1.54) is 13.0 Å². The van der Waals surface area contributed by atoms with Crippen LogP contribution in [0.4, 0.5) is 13.2 Å². The zero-order valence-corrected chi connectivity index (χ0v) is 11.3. The smallest absolute Gasteiger partial charge is 0.368 e. The van der Waals surface area contributed by atoms with Gasteiger partial charge < -0.3 is 11.1 Å². The number of primary amides is 1. The van der Waals surface area contributed by atoms with Crippen molar-refractivity contribution in [2.75, 3.05) is 0 Å². The maximum absolute atomic E-state index is 12.9. The van der Waals surface area contributed by atoms with Crippen molar-refractivity contribution in [3.05, 3.63) is 34.9 Å². The number of nitrogens with two attached hydrogens (primary N) is 1. The van der Waals surface area contributed by atoms with Gasteiger partial charge in [0, 0.05) is 5.56 Å². The predicted molar refractivity (Wildman–Crippen MR) is 69.5 cm³/mol. The number of carbonyl (C=O) groups excluding carboxylic acids is 2. The maximum Gasteiger partial charge on any atom is 0.416 e. The van der Waals surface area contributed by atoms with E-state index in [1.54, 1.807) is 0 Å². The van der Waals surface area contributed by atoms with Gasteiger partial charge in [-0.25, -0.2) is 0 Å². The first-order valence-electron chi connectivity index (χ1n) is 6.51. The molecule has 1 aliphatic rings. The Kier molecular flexibility index (Phi) is 3.93. The van der Waals surface area contributed by atoms with Crippen molar-refractivity contribution >= 4 is 11.8 Å². The largest absolute Gasteiger partial charge is 0.416 e. The van der Waals surface area contributed by atoms with E-state index < -0.39 is 29.6 Å². The predicted octanol–water partition coefficient (Wildman–Crippen LogP) is 2.19. The van der Waals surface area contributed by atoms with Crippen LogP contribution in [-0.4, -0.2) is 17.9 Å². The van der Waals surface area contributed by atoms with Crippen molar-refractivity contribution in [1.29, 1.82) is 0 Å². The van der Waals surface area contributed by atoms with Crippen LogP contribution in [0.5, 0.6) is 0 Å². The lowest BCUT2D eigenvalue weighted by atomic mass is 10.0. The van der Waals surface area contributed by atoms with E-state index in [4.69, 9.17) is 5.73 Å².